The highest BCUT2D eigenvalue weighted by Gasteiger charge is 2.20. The summed E-state index contributed by atoms with van der Waals surface area (Å²) in [6, 6.07) is 117. The molecule has 0 unspecified atom stereocenters. The van der Waals surface area contributed by atoms with Crippen molar-refractivity contribution in [2.24, 2.45) is 0 Å². The summed E-state index contributed by atoms with van der Waals surface area (Å²) in [7, 11) is 0. The van der Waals surface area contributed by atoms with Gasteiger partial charge >= 0.3 is 0 Å². The minimum Gasteiger partial charge on any atom is -0.355 e. The topological polar surface area (TPSA) is 15.8 Å². The van der Waals surface area contributed by atoms with Crippen LogP contribution in [0.25, 0.3) is 173 Å². The minimum atomic E-state index is 1.12. The molecule has 3 heteroatoms. The van der Waals surface area contributed by atoms with E-state index in [1.165, 1.54) is 162 Å². The highest BCUT2D eigenvalue weighted by Crippen LogP contribution is 2.48. The Bertz CT molecular complexity index is 5090. The Kier molecular flexibility index (Phi) is 12.3. The molecular formula is C84H53NS2. The Labute approximate surface area is 513 Å². The third-order valence-electron chi connectivity index (χ3n) is 17.7. The fourth-order valence-electron chi connectivity index (χ4n) is 13.1. The Morgan fingerprint density at radius 2 is 0.414 bits per heavy atom. The molecule has 0 aliphatic carbocycles. The molecule has 14 aromatic carbocycles. The molecular weight excluding hydrogens is 1090 g/mol. The molecule has 0 aliphatic heterocycles. The van der Waals surface area contributed by atoms with Crippen molar-refractivity contribution in [2.45, 2.75) is 0 Å². The van der Waals surface area contributed by atoms with Gasteiger partial charge in [-0.2, -0.15) is 0 Å². The zero-order valence-corrected chi connectivity index (χ0v) is 49.0. The summed E-state index contributed by atoms with van der Waals surface area (Å²) in [6.45, 7) is 0. The quantitative estimate of drug-likeness (QED) is 0.140. The van der Waals surface area contributed by atoms with Crippen LogP contribution >= 0.6 is 22.7 Å². The van der Waals surface area contributed by atoms with Gasteiger partial charge in [-0.05, 0) is 173 Å². The normalized spacial score (nSPS) is 11.7. The summed E-state index contributed by atoms with van der Waals surface area (Å²) >= 11 is 3.79. The number of nitrogens with one attached hydrogen (secondary N) is 1. The SMILES string of the molecule is c1ccc(-c2ccc(-c3ccc4sc5c(-c6ccc7[nH]c8ccc(-c9cc(-c%10ccc(-c%11ccccc%11)cc%10)cc%10c9sc9ccc(-c%11ccc(-c%12ccccc%12)cc%11)cc9%10)cc8c7c6)cc(-c6ccc(-c7ccccc7)cc6)cc5c4c3)cc2)cc1. The van der Waals surface area contributed by atoms with Crippen LogP contribution in [0, 0.1) is 0 Å². The molecule has 0 spiro atoms. The van der Waals surface area contributed by atoms with Crippen molar-refractivity contribution in [3.8, 4) is 111 Å². The Balaban J connectivity index is 0.805. The molecule has 1 nitrogen and oxygen atoms in total. The average molecular weight is 1140 g/mol. The number of hydrogen-bond donors (Lipinski definition) is 1. The molecule has 0 radical (unpaired) electrons. The highest BCUT2D eigenvalue weighted by molar-refractivity contribution is 7.26. The van der Waals surface area contributed by atoms with E-state index in [9.17, 15) is 0 Å². The minimum absolute atomic E-state index is 1.12. The van der Waals surface area contributed by atoms with Crippen molar-refractivity contribution < 1.29 is 0 Å². The zero-order valence-electron chi connectivity index (χ0n) is 47.3. The molecule has 406 valence electrons. The van der Waals surface area contributed by atoms with Gasteiger partial charge in [-0.15, -0.1) is 22.7 Å². The maximum atomic E-state index is 3.84. The van der Waals surface area contributed by atoms with Crippen molar-refractivity contribution in [1.29, 1.82) is 0 Å². The van der Waals surface area contributed by atoms with Crippen LogP contribution in [0.5, 0.6) is 0 Å². The first-order valence-corrected chi connectivity index (χ1v) is 31.4. The number of aromatic nitrogens is 1. The van der Waals surface area contributed by atoms with E-state index in [0.29, 0.717) is 0 Å². The van der Waals surface area contributed by atoms with E-state index in [1.807, 2.05) is 22.7 Å². The van der Waals surface area contributed by atoms with Gasteiger partial charge in [0.25, 0.3) is 0 Å². The second kappa shape index (κ2) is 21.1. The zero-order chi connectivity index (χ0) is 57.4. The smallest absolute Gasteiger partial charge is 0.0465 e. The second-order valence-electron chi connectivity index (χ2n) is 22.8. The molecule has 0 bridgehead atoms. The van der Waals surface area contributed by atoms with Crippen molar-refractivity contribution in [1.82, 2.24) is 4.98 Å². The number of aromatic amines is 1. The van der Waals surface area contributed by atoms with E-state index < -0.39 is 0 Å². The van der Waals surface area contributed by atoms with Crippen LogP contribution in [0.15, 0.2) is 315 Å². The van der Waals surface area contributed by atoms with Gasteiger partial charge in [0.05, 0.1) is 0 Å². The number of H-pyrrole nitrogens is 1. The maximum Gasteiger partial charge on any atom is 0.0465 e. The molecule has 17 aromatic rings. The van der Waals surface area contributed by atoms with Gasteiger partial charge in [-0.1, -0.05) is 243 Å². The predicted molar refractivity (Wildman–Crippen MR) is 376 cm³/mol. The fraction of sp³-hybridized carbons (Fsp3) is 0. The van der Waals surface area contributed by atoms with E-state index in [2.05, 4.69) is 320 Å². The summed E-state index contributed by atoms with van der Waals surface area (Å²) in [5.74, 6) is 0. The molecule has 0 fully saturated rings. The Morgan fingerprint density at radius 1 is 0.172 bits per heavy atom. The van der Waals surface area contributed by atoms with Crippen LogP contribution in [-0.4, -0.2) is 4.98 Å². The Morgan fingerprint density at radius 3 is 0.736 bits per heavy atom. The number of fused-ring (bicyclic) bond motifs is 9. The Hall–Kier alpha value is -10.7. The summed E-state index contributed by atoms with van der Waals surface area (Å²) in [5, 5.41) is 7.51. The lowest BCUT2D eigenvalue weighted by Gasteiger charge is -2.11. The van der Waals surface area contributed by atoms with Crippen LogP contribution < -0.4 is 0 Å². The van der Waals surface area contributed by atoms with Crippen LogP contribution in [-0.2, 0) is 0 Å². The van der Waals surface area contributed by atoms with E-state index in [-0.39, 0.29) is 0 Å². The number of rotatable bonds is 10. The molecule has 17 rings (SSSR count). The first kappa shape index (κ1) is 50.8. The second-order valence-corrected chi connectivity index (χ2v) is 25.0. The number of thiophene rings is 2. The van der Waals surface area contributed by atoms with Gasteiger partial charge in [-0.25, -0.2) is 0 Å². The fourth-order valence-corrected chi connectivity index (χ4v) is 15.5. The lowest BCUT2D eigenvalue weighted by Crippen LogP contribution is -1.85. The summed E-state index contributed by atoms with van der Waals surface area (Å²) in [6.07, 6.45) is 0. The standard InChI is InChI=1S/C84H53NS2/c1-5-13-53(14-6-1)57-21-29-61(30-22-57)65-39-43-81-75(45-65)77-51-69(63-33-25-59(26-34-63)55-17-9-3-10-18-55)49-71(83(77)86-81)67-37-41-79-73(47-67)74-48-68(38-42-80(74)85-79)72-50-70(64-35-27-60(28-36-64)56-19-11-4-12-20-56)52-78-76-46-66(40-44-82(76)87-84(72)78)62-31-23-58(24-32-62)54-15-7-2-8-16-54/h1-52,85H. The van der Waals surface area contributed by atoms with Gasteiger partial charge in [-0.3, -0.25) is 0 Å². The molecule has 0 aliphatic rings. The van der Waals surface area contributed by atoms with E-state index in [0.717, 1.165) is 11.0 Å². The molecule has 3 heterocycles. The lowest BCUT2D eigenvalue weighted by molar-refractivity contribution is 1.54. The van der Waals surface area contributed by atoms with Crippen molar-refractivity contribution in [3.63, 3.8) is 0 Å². The first-order chi connectivity index (χ1) is 43.0. The monoisotopic (exact) mass is 1140 g/mol. The third kappa shape index (κ3) is 9.24. The molecule has 0 saturated heterocycles. The lowest BCUT2D eigenvalue weighted by atomic mass is 9.93. The molecule has 3 aromatic heterocycles. The van der Waals surface area contributed by atoms with Crippen LogP contribution in [0.1, 0.15) is 0 Å². The molecule has 0 amide bonds. The maximum absolute atomic E-state index is 3.84. The van der Waals surface area contributed by atoms with Gasteiger partial charge in [0.1, 0.15) is 0 Å². The number of benzene rings is 14. The molecule has 0 saturated carbocycles. The molecule has 1 N–H and O–H groups in total. The summed E-state index contributed by atoms with van der Waals surface area (Å²) in [5.41, 5.74) is 26.5. The van der Waals surface area contributed by atoms with Crippen molar-refractivity contribution >= 4 is 84.8 Å². The molecule has 87 heavy (non-hydrogen) atoms. The van der Waals surface area contributed by atoms with Crippen molar-refractivity contribution in [2.75, 3.05) is 0 Å². The van der Waals surface area contributed by atoms with Gasteiger partial charge in [0, 0.05) is 73.3 Å². The van der Waals surface area contributed by atoms with Gasteiger partial charge < -0.3 is 4.98 Å². The third-order valence-corrected chi connectivity index (χ3v) is 20.1. The van der Waals surface area contributed by atoms with E-state index >= 15 is 0 Å². The number of hydrogen-bond acceptors (Lipinski definition) is 2. The highest BCUT2D eigenvalue weighted by atomic mass is 32.1. The van der Waals surface area contributed by atoms with Crippen LogP contribution in [0.2, 0.25) is 0 Å². The van der Waals surface area contributed by atoms with Crippen molar-refractivity contribution in [3.05, 3.63) is 315 Å². The largest absolute Gasteiger partial charge is 0.355 e. The predicted octanol–water partition coefficient (Wildman–Crippen LogP) is 24.7. The first-order valence-electron chi connectivity index (χ1n) is 29.8. The van der Waals surface area contributed by atoms with Gasteiger partial charge in [0.2, 0.25) is 0 Å². The molecule has 0 atom stereocenters. The summed E-state index contributed by atoms with van der Waals surface area (Å²) in [4.78, 5) is 3.84. The summed E-state index contributed by atoms with van der Waals surface area (Å²) < 4.78 is 5.14. The van der Waals surface area contributed by atoms with E-state index in [4.69, 9.17) is 0 Å². The van der Waals surface area contributed by atoms with E-state index in [1.54, 1.807) is 0 Å². The van der Waals surface area contributed by atoms with Crippen LogP contribution in [0.3, 0.4) is 0 Å². The van der Waals surface area contributed by atoms with Gasteiger partial charge in [0.15, 0.2) is 0 Å². The van der Waals surface area contributed by atoms with Crippen LogP contribution in [0.4, 0.5) is 0 Å². The average Bonchev–Trinajstić information content (AvgIpc) is 1.97.